The van der Waals surface area contributed by atoms with Gasteiger partial charge in [0.2, 0.25) is 0 Å². The van der Waals surface area contributed by atoms with Crippen molar-refractivity contribution in [3.8, 4) is 0 Å². The Morgan fingerprint density at radius 2 is 2.33 bits per heavy atom. The third-order valence-corrected chi connectivity index (χ3v) is 3.21. The van der Waals surface area contributed by atoms with Crippen LogP contribution < -0.4 is 5.73 Å². The SMILES string of the molecule is CCC1OCCC1C(N)c1ccc(C)o1. The lowest BCUT2D eigenvalue weighted by atomic mass is 9.90. The van der Waals surface area contributed by atoms with Gasteiger partial charge in [0.15, 0.2) is 0 Å². The molecule has 2 heterocycles. The molecule has 84 valence electrons. The molecule has 1 aliphatic rings. The van der Waals surface area contributed by atoms with Crippen LogP contribution in [0.3, 0.4) is 0 Å². The number of rotatable bonds is 3. The monoisotopic (exact) mass is 209 g/mol. The Bertz CT molecular complexity index is 321. The minimum atomic E-state index is -0.0221. The highest BCUT2D eigenvalue weighted by molar-refractivity contribution is 5.11. The number of furan rings is 1. The molecule has 0 radical (unpaired) electrons. The van der Waals surface area contributed by atoms with Crippen molar-refractivity contribution < 1.29 is 9.15 Å². The molecule has 1 aliphatic heterocycles. The average molecular weight is 209 g/mol. The molecule has 3 heteroatoms. The lowest BCUT2D eigenvalue weighted by Gasteiger charge is -2.21. The first-order chi connectivity index (χ1) is 7.22. The number of aryl methyl sites for hydroxylation is 1. The van der Waals surface area contributed by atoms with Crippen molar-refractivity contribution in [3.63, 3.8) is 0 Å². The molecular formula is C12H19NO2. The first-order valence-corrected chi connectivity index (χ1v) is 5.66. The average Bonchev–Trinajstić information content (AvgIpc) is 2.84. The van der Waals surface area contributed by atoms with Gasteiger partial charge in [0.05, 0.1) is 12.1 Å². The van der Waals surface area contributed by atoms with Gasteiger partial charge in [0.1, 0.15) is 11.5 Å². The van der Waals surface area contributed by atoms with E-state index in [0.29, 0.717) is 12.0 Å². The predicted molar refractivity (Wildman–Crippen MR) is 58.5 cm³/mol. The molecule has 15 heavy (non-hydrogen) atoms. The van der Waals surface area contributed by atoms with Crippen LogP contribution >= 0.6 is 0 Å². The first kappa shape index (κ1) is 10.7. The first-order valence-electron chi connectivity index (χ1n) is 5.66. The van der Waals surface area contributed by atoms with Gasteiger partial charge >= 0.3 is 0 Å². The Kier molecular flexibility index (Phi) is 3.12. The Balaban J connectivity index is 2.10. The third kappa shape index (κ3) is 2.08. The summed E-state index contributed by atoms with van der Waals surface area (Å²) in [5, 5.41) is 0. The zero-order valence-electron chi connectivity index (χ0n) is 9.40. The number of nitrogens with two attached hydrogens (primary N) is 1. The molecule has 0 aliphatic carbocycles. The summed E-state index contributed by atoms with van der Waals surface area (Å²) in [7, 11) is 0. The summed E-state index contributed by atoms with van der Waals surface area (Å²) in [5.74, 6) is 2.22. The molecule has 1 saturated heterocycles. The van der Waals surface area contributed by atoms with E-state index in [2.05, 4.69) is 6.92 Å². The van der Waals surface area contributed by atoms with Crippen molar-refractivity contribution in [2.45, 2.75) is 38.8 Å². The molecule has 3 atom stereocenters. The van der Waals surface area contributed by atoms with Crippen molar-refractivity contribution in [2.75, 3.05) is 6.61 Å². The van der Waals surface area contributed by atoms with Crippen LogP contribution in [0.5, 0.6) is 0 Å². The Morgan fingerprint density at radius 3 is 2.93 bits per heavy atom. The van der Waals surface area contributed by atoms with Crippen LogP contribution in [0, 0.1) is 12.8 Å². The molecule has 2 rings (SSSR count). The van der Waals surface area contributed by atoms with Crippen molar-refractivity contribution in [3.05, 3.63) is 23.7 Å². The number of hydrogen-bond acceptors (Lipinski definition) is 3. The molecule has 0 spiro atoms. The van der Waals surface area contributed by atoms with Gasteiger partial charge < -0.3 is 14.9 Å². The van der Waals surface area contributed by atoms with Crippen molar-refractivity contribution >= 4 is 0 Å². The highest BCUT2D eigenvalue weighted by Gasteiger charge is 2.33. The topological polar surface area (TPSA) is 48.4 Å². The Morgan fingerprint density at radius 1 is 1.53 bits per heavy atom. The van der Waals surface area contributed by atoms with E-state index in [1.807, 2.05) is 19.1 Å². The zero-order valence-corrected chi connectivity index (χ0v) is 9.40. The van der Waals surface area contributed by atoms with E-state index in [0.717, 1.165) is 31.0 Å². The maximum absolute atomic E-state index is 6.21. The minimum Gasteiger partial charge on any atom is -0.465 e. The van der Waals surface area contributed by atoms with Crippen LogP contribution in [0.2, 0.25) is 0 Å². The highest BCUT2D eigenvalue weighted by Crippen LogP contribution is 2.33. The van der Waals surface area contributed by atoms with Crippen LogP contribution in [0.4, 0.5) is 0 Å². The number of hydrogen-bond donors (Lipinski definition) is 1. The maximum Gasteiger partial charge on any atom is 0.121 e. The van der Waals surface area contributed by atoms with Gasteiger partial charge in [-0.15, -0.1) is 0 Å². The minimum absolute atomic E-state index is 0.0221. The lowest BCUT2D eigenvalue weighted by molar-refractivity contribution is 0.0792. The second-order valence-corrected chi connectivity index (χ2v) is 4.24. The molecule has 0 aromatic carbocycles. The summed E-state index contributed by atoms with van der Waals surface area (Å²) in [6.07, 6.45) is 2.36. The fourth-order valence-electron chi connectivity index (χ4n) is 2.34. The van der Waals surface area contributed by atoms with Crippen LogP contribution in [-0.4, -0.2) is 12.7 Å². The summed E-state index contributed by atoms with van der Waals surface area (Å²) in [6, 6.07) is 3.92. The highest BCUT2D eigenvalue weighted by atomic mass is 16.5. The van der Waals surface area contributed by atoms with Gasteiger partial charge in [-0.25, -0.2) is 0 Å². The smallest absolute Gasteiger partial charge is 0.121 e. The lowest BCUT2D eigenvalue weighted by Crippen LogP contribution is -2.27. The third-order valence-electron chi connectivity index (χ3n) is 3.21. The van der Waals surface area contributed by atoms with Crippen molar-refractivity contribution in [1.29, 1.82) is 0 Å². The van der Waals surface area contributed by atoms with E-state index >= 15 is 0 Å². The van der Waals surface area contributed by atoms with E-state index in [1.54, 1.807) is 0 Å². The standard InChI is InChI=1S/C12H19NO2/c1-3-10-9(6-7-14-10)12(13)11-5-4-8(2)15-11/h4-5,9-10,12H,3,6-7,13H2,1-2H3. The largest absolute Gasteiger partial charge is 0.465 e. The van der Waals surface area contributed by atoms with E-state index in [1.165, 1.54) is 0 Å². The van der Waals surface area contributed by atoms with Gasteiger partial charge in [0.25, 0.3) is 0 Å². The van der Waals surface area contributed by atoms with Gasteiger partial charge in [-0.3, -0.25) is 0 Å². The van der Waals surface area contributed by atoms with Crippen molar-refractivity contribution in [1.82, 2.24) is 0 Å². The quantitative estimate of drug-likeness (QED) is 0.831. The van der Waals surface area contributed by atoms with Crippen LogP contribution in [0.25, 0.3) is 0 Å². The zero-order chi connectivity index (χ0) is 10.8. The summed E-state index contributed by atoms with van der Waals surface area (Å²) in [6.45, 7) is 4.92. The van der Waals surface area contributed by atoms with Crippen LogP contribution in [-0.2, 0) is 4.74 Å². The molecular weight excluding hydrogens is 190 g/mol. The predicted octanol–water partition coefficient (Wildman–Crippen LogP) is 2.40. The molecule has 1 fully saturated rings. The summed E-state index contributed by atoms with van der Waals surface area (Å²) in [4.78, 5) is 0. The molecule has 0 amide bonds. The van der Waals surface area contributed by atoms with Gasteiger partial charge in [-0.1, -0.05) is 6.92 Å². The Hall–Kier alpha value is -0.800. The van der Waals surface area contributed by atoms with Crippen LogP contribution in [0.1, 0.15) is 37.3 Å². The molecule has 0 saturated carbocycles. The number of ether oxygens (including phenoxy) is 1. The fraction of sp³-hybridized carbons (Fsp3) is 0.667. The maximum atomic E-state index is 6.21. The molecule has 3 nitrogen and oxygen atoms in total. The summed E-state index contributed by atoms with van der Waals surface area (Å²) in [5.41, 5.74) is 6.21. The normalized spacial score (nSPS) is 28.2. The van der Waals surface area contributed by atoms with Crippen LogP contribution in [0.15, 0.2) is 16.5 Å². The molecule has 1 aromatic heterocycles. The molecule has 3 unspecified atom stereocenters. The second-order valence-electron chi connectivity index (χ2n) is 4.24. The van der Waals surface area contributed by atoms with Gasteiger partial charge in [-0.05, 0) is 31.9 Å². The van der Waals surface area contributed by atoms with E-state index in [-0.39, 0.29) is 6.04 Å². The van der Waals surface area contributed by atoms with E-state index in [4.69, 9.17) is 14.9 Å². The van der Waals surface area contributed by atoms with Gasteiger partial charge in [-0.2, -0.15) is 0 Å². The van der Waals surface area contributed by atoms with E-state index < -0.39 is 0 Å². The summed E-state index contributed by atoms with van der Waals surface area (Å²) < 4.78 is 11.2. The molecule has 1 aromatic rings. The fourth-order valence-corrected chi connectivity index (χ4v) is 2.34. The molecule has 2 N–H and O–H groups in total. The van der Waals surface area contributed by atoms with Gasteiger partial charge in [0, 0.05) is 12.5 Å². The Labute approximate surface area is 90.6 Å². The summed E-state index contributed by atoms with van der Waals surface area (Å²) >= 11 is 0. The second kappa shape index (κ2) is 4.37. The van der Waals surface area contributed by atoms with Crippen molar-refractivity contribution in [2.24, 2.45) is 11.7 Å². The molecule has 0 bridgehead atoms. The van der Waals surface area contributed by atoms with E-state index in [9.17, 15) is 0 Å².